The molecule has 1 aliphatic carbocycles. The molecule has 0 atom stereocenters. The van der Waals surface area contributed by atoms with Crippen molar-refractivity contribution in [3.63, 3.8) is 0 Å². The van der Waals surface area contributed by atoms with Crippen LogP contribution in [-0.4, -0.2) is 29.3 Å². The topological polar surface area (TPSA) is 55.3 Å². The van der Waals surface area contributed by atoms with E-state index in [1.54, 1.807) is 12.0 Å². The summed E-state index contributed by atoms with van der Waals surface area (Å²) < 4.78 is 5.17. The van der Waals surface area contributed by atoms with Gasteiger partial charge in [0.05, 0.1) is 7.11 Å². The van der Waals surface area contributed by atoms with Gasteiger partial charge in [0.2, 0.25) is 11.0 Å². The number of anilines is 1. The van der Waals surface area contributed by atoms with E-state index in [9.17, 15) is 4.79 Å². The molecule has 1 aliphatic rings. The van der Waals surface area contributed by atoms with Gasteiger partial charge in [-0.05, 0) is 51.0 Å². The van der Waals surface area contributed by atoms with Crippen LogP contribution in [0.4, 0.5) is 5.13 Å². The van der Waals surface area contributed by atoms with Crippen LogP contribution in [0.15, 0.2) is 24.3 Å². The van der Waals surface area contributed by atoms with Crippen LogP contribution in [0, 0.1) is 5.92 Å². The molecule has 1 heterocycles. The van der Waals surface area contributed by atoms with Gasteiger partial charge in [-0.1, -0.05) is 17.8 Å². The van der Waals surface area contributed by atoms with Gasteiger partial charge in [0.25, 0.3) is 0 Å². The lowest BCUT2D eigenvalue weighted by Crippen LogP contribution is -2.43. The number of methoxy groups -OCH3 is 1. The van der Waals surface area contributed by atoms with E-state index in [1.807, 2.05) is 38.1 Å². The summed E-state index contributed by atoms with van der Waals surface area (Å²) in [6, 6.07) is 7.79. The summed E-state index contributed by atoms with van der Waals surface area (Å²) in [6.45, 7) is 4.04. The maximum Gasteiger partial charge on any atom is 0.232 e. The number of carbonyl (C=O) groups excluding carboxylic acids is 1. The SMILES string of the molecule is COc1ccc(-c2nnc(N(C(=O)C3CCC3)C(C)C)s2)cc1. The molecule has 2 aromatic rings. The largest absolute Gasteiger partial charge is 0.497 e. The summed E-state index contributed by atoms with van der Waals surface area (Å²) in [5, 5.41) is 10.0. The second kappa shape index (κ2) is 6.66. The highest BCUT2D eigenvalue weighted by atomic mass is 32.1. The molecule has 0 bridgehead atoms. The Balaban J connectivity index is 1.84. The predicted octanol–water partition coefficient (Wildman–Crippen LogP) is 3.76. The monoisotopic (exact) mass is 331 g/mol. The molecule has 1 saturated carbocycles. The third kappa shape index (κ3) is 3.22. The Kier molecular flexibility index (Phi) is 4.61. The van der Waals surface area contributed by atoms with Crippen molar-refractivity contribution in [1.82, 2.24) is 10.2 Å². The van der Waals surface area contributed by atoms with E-state index in [4.69, 9.17) is 4.74 Å². The number of hydrogen-bond donors (Lipinski definition) is 0. The van der Waals surface area contributed by atoms with Gasteiger partial charge in [-0.2, -0.15) is 0 Å². The number of rotatable bonds is 5. The van der Waals surface area contributed by atoms with Crippen LogP contribution in [0.1, 0.15) is 33.1 Å². The number of benzene rings is 1. The molecule has 0 unspecified atom stereocenters. The van der Waals surface area contributed by atoms with Crippen molar-refractivity contribution in [2.45, 2.75) is 39.2 Å². The van der Waals surface area contributed by atoms with E-state index in [-0.39, 0.29) is 17.9 Å². The number of hydrogen-bond acceptors (Lipinski definition) is 5. The third-order valence-electron chi connectivity index (χ3n) is 4.17. The first-order chi connectivity index (χ1) is 11.1. The van der Waals surface area contributed by atoms with Gasteiger partial charge in [-0.15, -0.1) is 10.2 Å². The van der Waals surface area contributed by atoms with E-state index in [0.29, 0.717) is 5.13 Å². The Bertz CT molecular complexity index is 677. The van der Waals surface area contributed by atoms with Crippen LogP contribution in [0.3, 0.4) is 0 Å². The van der Waals surface area contributed by atoms with Crippen molar-refractivity contribution in [2.75, 3.05) is 12.0 Å². The van der Waals surface area contributed by atoms with E-state index in [1.165, 1.54) is 11.3 Å². The van der Waals surface area contributed by atoms with E-state index in [2.05, 4.69) is 10.2 Å². The number of aromatic nitrogens is 2. The summed E-state index contributed by atoms with van der Waals surface area (Å²) in [5.41, 5.74) is 0.981. The molecule has 3 rings (SSSR count). The number of carbonyl (C=O) groups is 1. The Morgan fingerprint density at radius 2 is 1.96 bits per heavy atom. The van der Waals surface area contributed by atoms with Crippen molar-refractivity contribution in [3.8, 4) is 16.3 Å². The molecule has 0 spiro atoms. The van der Waals surface area contributed by atoms with Crippen LogP contribution < -0.4 is 9.64 Å². The first-order valence-electron chi connectivity index (χ1n) is 7.91. The maximum atomic E-state index is 12.6. The van der Waals surface area contributed by atoms with Gasteiger partial charge in [0.15, 0.2) is 0 Å². The zero-order valence-electron chi connectivity index (χ0n) is 13.7. The molecule has 0 aliphatic heterocycles. The fraction of sp³-hybridized carbons (Fsp3) is 0.471. The lowest BCUT2D eigenvalue weighted by molar-refractivity contribution is -0.125. The summed E-state index contributed by atoms with van der Waals surface area (Å²) in [6.07, 6.45) is 3.13. The molecule has 122 valence electrons. The zero-order valence-corrected chi connectivity index (χ0v) is 14.5. The van der Waals surface area contributed by atoms with Gasteiger partial charge in [-0.3, -0.25) is 9.69 Å². The standard InChI is InChI=1S/C17H21N3O2S/c1-11(2)20(16(21)13-5-4-6-13)17-19-18-15(23-17)12-7-9-14(22-3)10-8-12/h7-11,13H,4-6H2,1-3H3. The number of nitrogens with zero attached hydrogens (tertiary/aromatic N) is 3. The average Bonchev–Trinajstić information content (AvgIpc) is 2.94. The second-order valence-electron chi connectivity index (χ2n) is 6.05. The van der Waals surface area contributed by atoms with Crippen molar-refractivity contribution >= 4 is 22.4 Å². The van der Waals surface area contributed by atoms with Crippen LogP contribution >= 0.6 is 11.3 Å². The molecule has 23 heavy (non-hydrogen) atoms. The number of ether oxygens (including phenoxy) is 1. The minimum atomic E-state index is 0.0831. The molecule has 1 aromatic heterocycles. The fourth-order valence-electron chi connectivity index (χ4n) is 2.58. The lowest BCUT2D eigenvalue weighted by atomic mass is 9.84. The van der Waals surface area contributed by atoms with Gasteiger partial charge in [-0.25, -0.2) is 0 Å². The third-order valence-corrected chi connectivity index (χ3v) is 5.14. The minimum Gasteiger partial charge on any atom is -0.497 e. The molecule has 0 saturated heterocycles. The summed E-state index contributed by atoms with van der Waals surface area (Å²) in [4.78, 5) is 14.4. The molecule has 1 amide bonds. The summed E-state index contributed by atoms with van der Waals surface area (Å²) in [5.74, 6) is 1.15. The van der Waals surface area contributed by atoms with Crippen molar-refractivity contribution in [1.29, 1.82) is 0 Å². The highest BCUT2D eigenvalue weighted by molar-refractivity contribution is 7.18. The molecule has 0 radical (unpaired) electrons. The number of amides is 1. The van der Waals surface area contributed by atoms with E-state index in [0.717, 1.165) is 35.6 Å². The average molecular weight is 331 g/mol. The Morgan fingerprint density at radius 3 is 2.48 bits per heavy atom. The van der Waals surface area contributed by atoms with Crippen molar-refractivity contribution in [3.05, 3.63) is 24.3 Å². The van der Waals surface area contributed by atoms with Gasteiger partial charge >= 0.3 is 0 Å². The van der Waals surface area contributed by atoms with E-state index < -0.39 is 0 Å². The highest BCUT2D eigenvalue weighted by Gasteiger charge is 2.33. The van der Waals surface area contributed by atoms with Crippen LogP contribution in [-0.2, 0) is 4.79 Å². The highest BCUT2D eigenvalue weighted by Crippen LogP contribution is 2.34. The van der Waals surface area contributed by atoms with Crippen LogP contribution in [0.25, 0.3) is 10.6 Å². The molecule has 1 fully saturated rings. The smallest absolute Gasteiger partial charge is 0.232 e. The Labute approximate surface area is 140 Å². The predicted molar refractivity (Wildman–Crippen MR) is 91.9 cm³/mol. The Morgan fingerprint density at radius 1 is 1.26 bits per heavy atom. The fourth-order valence-corrected chi connectivity index (χ4v) is 3.57. The Hall–Kier alpha value is -1.95. The van der Waals surface area contributed by atoms with Gasteiger partial charge in [0.1, 0.15) is 10.8 Å². The van der Waals surface area contributed by atoms with Gasteiger partial charge in [0, 0.05) is 17.5 Å². The first-order valence-corrected chi connectivity index (χ1v) is 8.73. The molecule has 1 aromatic carbocycles. The summed E-state index contributed by atoms with van der Waals surface area (Å²) >= 11 is 1.46. The maximum absolute atomic E-state index is 12.6. The van der Waals surface area contributed by atoms with Gasteiger partial charge < -0.3 is 4.74 Å². The molecule has 0 N–H and O–H groups in total. The van der Waals surface area contributed by atoms with Crippen LogP contribution in [0.5, 0.6) is 5.75 Å². The quantitative estimate of drug-likeness (QED) is 0.837. The van der Waals surface area contributed by atoms with Crippen LogP contribution in [0.2, 0.25) is 0 Å². The molecule has 5 nitrogen and oxygen atoms in total. The lowest BCUT2D eigenvalue weighted by Gasteiger charge is -2.32. The second-order valence-corrected chi connectivity index (χ2v) is 7.00. The van der Waals surface area contributed by atoms with Crippen molar-refractivity contribution < 1.29 is 9.53 Å². The van der Waals surface area contributed by atoms with Crippen molar-refractivity contribution in [2.24, 2.45) is 5.92 Å². The summed E-state index contributed by atoms with van der Waals surface area (Å²) in [7, 11) is 1.64. The van der Waals surface area contributed by atoms with E-state index >= 15 is 0 Å². The molecule has 6 heteroatoms. The normalized spacial score (nSPS) is 14.6. The first kappa shape index (κ1) is 15.9. The molecular formula is C17H21N3O2S. The zero-order chi connectivity index (χ0) is 16.4. The minimum absolute atomic E-state index is 0.0831. The molecular weight excluding hydrogens is 310 g/mol.